The highest BCUT2D eigenvalue weighted by molar-refractivity contribution is 7.80. The molecular weight excluding hydrogens is 254 g/mol. The average molecular weight is 279 g/mol. The highest BCUT2D eigenvalue weighted by Gasteiger charge is 2.21. The fourth-order valence-corrected chi connectivity index (χ4v) is 3.05. The summed E-state index contributed by atoms with van der Waals surface area (Å²) in [4.78, 5) is 9.37. The molecule has 3 nitrogen and oxygen atoms in total. The van der Waals surface area contributed by atoms with Crippen molar-refractivity contribution < 1.29 is 0 Å². The van der Waals surface area contributed by atoms with E-state index in [9.17, 15) is 0 Å². The van der Waals surface area contributed by atoms with E-state index in [1.54, 1.807) is 0 Å². The third-order valence-electron chi connectivity index (χ3n) is 4.02. The van der Waals surface area contributed by atoms with Crippen molar-refractivity contribution in [2.24, 2.45) is 11.8 Å². The second kappa shape index (κ2) is 7.15. The van der Waals surface area contributed by atoms with Crippen LogP contribution in [0.15, 0.2) is 24.4 Å². The molecule has 0 saturated carbocycles. The molecule has 1 aliphatic heterocycles. The summed E-state index contributed by atoms with van der Waals surface area (Å²) in [6, 6.07) is 6.13. The molecule has 1 saturated heterocycles. The van der Waals surface area contributed by atoms with Crippen LogP contribution >= 0.6 is 12.6 Å². The van der Waals surface area contributed by atoms with Gasteiger partial charge in [0.2, 0.25) is 0 Å². The number of pyridine rings is 1. The summed E-state index contributed by atoms with van der Waals surface area (Å²) >= 11 is 4.48. The van der Waals surface area contributed by atoms with Crippen LogP contribution in [-0.2, 0) is 0 Å². The van der Waals surface area contributed by atoms with Gasteiger partial charge in [0.1, 0.15) is 5.82 Å². The second-order valence-corrected chi connectivity index (χ2v) is 6.03. The number of hydrogen-bond acceptors (Lipinski definition) is 4. The smallest absolute Gasteiger partial charge is 0.128 e. The molecule has 4 heteroatoms. The Bertz CT molecular complexity index is 361. The number of anilines is 1. The summed E-state index contributed by atoms with van der Waals surface area (Å²) in [6.07, 6.45) is 1.87. The van der Waals surface area contributed by atoms with Crippen molar-refractivity contribution in [2.45, 2.75) is 13.8 Å². The van der Waals surface area contributed by atoms with Crippen LogP contribution < -0.4 is 4.90 Å². The number of aromatic nitrogens is 1. The van der Waals surface area contributed by atoms with E-state index in [1.165, 1.54) is 6.54 Å². The molecule has 0 spiro atoms. The molecule has 1 atom stereocenters. The fourth-order valence-electron chi connectivity index (χ4n) is 2.51. The van der Waals surface area contributed by atoms with E-state index in [0.29, 0.717) is 11.8 Å². The van der Waals surface area contributed by atoms with E-state index in [2.05, 4.69) is 53.4 Å². The van der Waals surface area contributed by atoms with Gasteiger partial charge in [-0.05, 0) is 29.7 Å². The van der Waals surface area contributed by atoms with E-state index in [1.807, 2.05) is 12.3 Å². The maximum absolute atomic E-state index is 4.48. The van der Waals surface area contributed by atoms with Gasteiger partial charge >= 0.3 is 0 Å². The monoisotopic (exact) mass is 279 g/mol. The molecule has 0 aromatic carbocycles. The Morgan fingerprint density at radius 1 is 1.21 bits per heavy atom. The third-order valence-corrected chi connectivity index (χ3v) is 4.48. The maximum atomic E-state index is 4.48. The molecule has 1 fully saturated rings. The molecule has 2 heterocycles. The summed E-state index contributed by atoms with van der Waals surface area (Å²) in [7, 11) is 0. The van der Waals surface area contributed by atoms with E-state index in [-0.39, 0.29) is 0 Å². The molecular formula is C15H25N3S. The Morgan fingerprint density at radius 2 is 1.95 bits per heavy atom. The van der Waals surface area contributed by atoms with Crippen LogP contribution in [0.5, 0.6) is 0 Å². The van der Waals surface area contributed by atoms with Crippen molar-refractivity contribution in [3.63, 3.8) is 0 Å². The minimum Gasteiger partial charge on any atom is -0.354 e. The minimum atomic E-state index is 0.699. The maximum Gasteiger partial charge on any atom is 0.128 e. The largest absolute Gasteiger partial charge is 0.354 e. The van der Waals surface area contributed by atoms with Gasteiger partial charge < -0.3 is 4.90 Å². The predicted octanol–water partition coefficient (Wildman–Crippen LogP) is 2.41. The van der Waals surface area contributed by atoms with Crippen LogP contribution in [0.2, 0.25) is 0 Å². The second-order valence-electron chi connectivity index (χ2n) is 5.66. The van der Waals surface area contributed by atoms with E-state index in [4.69, 9.17) is 0 Å². The molecule has 106 valence electrons. The number of hydrogen-bond donors (Lipinski definition) is 1. The summed E-state index contributed by atoms with van der Waals surface area (Å²) in [5.74, 6) is 3.51. The van der Waals surface area contributed by atoms with Gasteiger partial charge in [0, 0.05) is 38.9 Å². The van der Waals surface area contributed by atoms with E-state index < -0.39 is 0 Å². The van der Waals surface area contributed by atoms with Gasteiger partial charge in [0.05, 0.1) is 0 Å². The zero-order valence-electron chi connectivity index (χ0n) is 12.0. The molecule has 0 amide bonds. The molecule has 0 N–H and O–H groups in total. The SMILES string of the molecule is CC(C)C(CS)CN1CCN(c2ccccn2)CC1. The Morgan fingerprint density at radius 3 is 2.47 bits per heavy atom. The van der Waals surface area contributed by atoms with Crippen LogP contribution in [0.1, 0.15) is 13.8 Å². The quantitative estimate of drug-likeness (QED) is 0.836. The number of piperazine rings is 1. The molecule has 0 bridgehead atoms. The zero-order valence-corrected chi connectivity index (χ0v) is 12.9. The van der Waals surface area contributed by atoms with Gasteiger partial charge in [-0.25, -0.2) is 4.98 Å². The lowest BCUT2D eigenvalue weighted by molar-refractivity contribution is 0.203. The van der Waals surface area contributed by atoms with Gasteiger partial charge in [-0.1, -0.05) is 19.9 Å². The van der Waals surface area contributed by atoms with Gasteiger partial charge in [0.25, 0.3) is 0 Å². The number of rotatable bonds is 5. The first-order valence-electron chi connectivity index (χ1n) is 7.20. The Hall–Kier alpha value is -0.740. The Labute approximate surface area is 122 Å². The van der Waals surface area contributed by atoms with E-state index >= 15 is 0 Å². The third kappa shape index (κ3) is 4.11. The normalized spacial score (nSPS) is 18.8. The topological polar surface area (TPSA) is 19.4 Å². The number of nitrogens with zero attached hydrogens (tertiary/aromatic N) is 3. The highest BCUT2D eigenvalue weighted by atomic mass is 32.1. The van der Waals surface area contributed by atoms with Crippen molar-refractivity contribution in [3.05, 3.63) is 24.4 Å². The first-order chi connectivity index (χ1) is 9.20. The lowest BCUT2D eigenvalue weighted by atomic mass is 9.97. The molecule has 1 aromatic heterocycles. The van der Waals surface area contributed by atoms with Crippen molar-refractivity contribution in [1.82, 2.24) is 9.88 Å². The molecule has 1 aliphatic rings. The summed E-state index contributed by atoms with van der Waals surface area (Å²) in [6.45, 7) is 10.2. The molecule has 2 rings (SSSR count). The first kappa shape index (κ1) is 14.7. The zero-order chi connectivity index (χ0) is 13.7. The molecule has 19 heavy (non-hydrogen) atoms. The van der Waals surface area contributed by atoms with Gasteiger partial charge in [-0.15, -0.1) is 0 Å². The Kier molecular flexibility index (Phi) is 5.52. The van der Waals surface area contributed by atoms with Crippen LogP contribution in [0, 0.1) is 11.8 Å². The van der Waals surface area contributed by atoms with E-state index in [0.717, 1.165) is 37.7 Å². The first-order valence-corrected chi connectivity index (χ1v) is 7.83. The molecule has 1 unspecified atom stereocenters. The van der Waals surface area contributed by atoms with Crippen LogP contribution in [-0.4, -0.2) is 48.4 Å². The van der Waals surface area contributed by atoms with Crippen molar-refractivity contribution in [1.29, 1.82) is 0 Å². The van der Waals surface area contributed by atoms with Gasteiger partial charge in [-0.2, -0.15) is 12.6 Å². The molecule has 0 radical (unpaired) electrons. The molecule has 0 aliphatic carbocycles. The van der Waals surface area contributed by atoms with Crippen LogP contribution in [0.3, 0.4) is 0 Å². The van der Waals surface area contributed by atoms with Crippen molar-refractivity contribution in [3.8, 4) is 0 Å². The van der Waals surface area contributed by atoms with Crippen LogP contribution in [0.25, 0.3) is 0 Å². The standard InChI is InChI=1S/C15H25N3S/c1-13(2)14(12-19)11-17-7-9-18(10-8-17)15-5-3-4-6-16-15/h3-6,13-14,19H,7-12H2,1-2H3. The summed E-state index contributed by atoms with van der Waals surface area (Å²) in [5.41, 5.74) is 0. The number of thiol groups is 1. The van der Waals surface area contributed by atoms with Gasteiger partial charge in [0.15, 0.2) is 0 Å². The predicted molar refractivity (Wildman–Crippen MR) is 85.1 cm³/mol. The lowest BCUT2D eigenvalue weighted by Gasteiger charge is -2.37. The summed E-state index contributed by atoms with van der Waals surface area (Å²) < 4.78 is 0. The highest BCUT2D eigenvalue weighted by Crippen LogP contribution is 2.17. The van der Waals surface area contributed by atoms with Crippen molar-refractivity contribution >= 4 is 18.4 Å². The lowest BCUT2D eigenvalue weighted by Crippen LogP contribution is -2.48. The average Bonchev–Trinajstić information content (AvgIpc) is 2.46. The van der Waals surface area contributed by atoms with Gasteiger partial charge in [-0.3, -0.25) is 4.90 Å². The molecule has 1 aromatic rings. The fraction of sp³-hybridized carbons (Fsp3) is 0.667. The van der Waals surface area contributed by atoms with Crippen LogP contribution in [0.4, 0.5) is 5.82 Å². The van der Waals surface area contributed by atoms with Crippen molar-refractivity contribution in [2.75, 3.05) is 43.4 Å². The Balaban J connectivity index is 1.82. The minimum absolute atomic E-state index is 0.699. The summed E-state index contributed by atoms with van der Waals surface area (Å²) in [5, 5.41) is 0.